The van der Waals surface area contributed by atoms with Crippen molar-refractivity contribution in [2.45, 2.75) is 12.5 Å². The van der Waals surface area contributed by atoms with E-state index in [4.69, 9.17) is 21.7 Å². The maximum atomic E-state index is 11.8. The van der Waals surface area contributed by atoms with E-state index < -0.39 is 5.92 Å². The molecular weight excluding hydrogens is 276 g/mol. The number of hydrogen-bond acceptors (Lipinski definition) is 4. The second kappa shape index (κ2) is 6.47. The molecule has 1 aromatic carbocycles. The maximum Gasteiger partial charge on any atom is 0.316 e. The molecule has 0 fully saturated rings. The highest BCUT2D eigenvalue weighted by molar-refractivity contribution is 7.80. The summed E-state index contributed by atoms with van der Waals surface area (Å²) >= 11 is 5.03. The SMILES string of the molecule is COC(=O)C1C=NC(=S)NC1Cc1ccc(OC)cc1. The van der Waals surface area contributed by atoms with Crippen molar-refractivity contribution in [3.8, 4) is 5.75 Å². The van der Waals surface area contributed by atoms with Gasteiger partial charge < -0.3 is 14.8 Å². The highest BCUT2D eigenvalue weighted by Gasteiger charge is 2.31. The van der Waals surface area contributed by atoms with Crippen molar-refractivity contribution >= 4 is 29.5 Å². The van der Waals surface area contributed by atoms with Crippen molar-refractivity contribution in [1.82, 2.24) is 5.32 Å². The van der Waals surface area contributed by atoms with Crippen LogP contribution < -0.4 is 10.1 Å². The lowest BCUT2D eigenvalue weighted by Crippen LogP contribution is -2.48. The second-order valence-corrected chi connectivity index (χ2v) is 4.82. The summed E-state index contributed by atoms with van der Waals surface area (Å²) in [4.78, 5) is 15.7. The molecule has 1 aromatic rings. The number of hydrogen-bond donors (Lipinski definition) is 1. The molecule has 1 aliphatic rings. The van der Waals surface area contributed by atoms with Crippen LogP contribution in [0.15, 0.2) is 29.3 Å². The smallest absolute Gasteiger partial charge is 0.316 e. The molecule has 0 spiro atoms. The highest BCUT2D eigenvalue weighted by atomic mass is 32.1. The Morgan fingerprint density at radius 1 is 1.35 bits per heavy atom. The maximum absolute atomic E-state index is 11.8. The summed E-state index contributed by atoms with van der Waals surface area (Å²) in [5.74, 6) is 0.0445. The van der Waals surface area contributed by atoms with Crippen molar-refractivity contribution < 1.29 is 14.3 Å². The van der Waals surface area contributed by atoms with Crippen LogP contribution in [-0.2, 0) is 16.0 Å². The Balaban J connectivity index is 2.13. The predicted molar refractivity (Wildman–Crippen MR) is 80.2 cm³/mol. The first-order chi connectivity index (χ1) is 9.63. The van der Waals surface area contributed by atoms with Crippen LogP contribution in [0.4, 0.5) is 0 Å². The van der Waals surface area contributed by atoms with Gasteiger partial charge in [0.2, 0.25) is 0 Å². The molecule has 1 heterocycles. The minimum atomic E-state index is -0.436. The largest absolute Gasteiger partial charge is 0.497 e. The predicted octanol–water partition coefficient (Wildman–Crippen LogP) is 1.35. The fraction of sp³-hybridized carbons (Fsp3) is 0.357. The normalized spacial score (nSPS) is 21.2. The van der Waals surface area contributed by atoms with Gasteiger partial charge >= 0.3 is 5.97 Å². The van der Waals surface area contributed by atoms with Gasteiger partial charge in [0.15, 0.2) is 5.11 Å². The zero-order chi connectivity index (χ0) is 14.5. The molecule has 2 rings (SSSR count). The van der Waals surface area contributed by atoms with Crippen LogP contribution >= 0.6 is 12.2 Å². The van der Waals surface area contributed by atoms with Gasteiger partial charge in [-0.25, -0.2) is 4.99 Å². The molecule has 0 saturated carbocycles. The van der Waals surface area contributed by atoms with E-state index in [2.05, 4.69) is 10.3 Å². The monoisotopic (exact) mass is 292 g/mol. The van der Waals surface area contributed by atoms with Crippen molar-refractivity contribution in [2.75, 3.05) is 14.2 Å². The van der Waals surface area contributed by atoms with Gasteiger partial charge in [-0.2, -0.15) is 0 Å². The Morgan fingerprint density at radius 3 is 2.65 bits per heavy atom. The molecule has 0 bridgehead atoms. The lowest BCUT2D eigenvalue weighted by atomic mass is 9.93. The van der Waals surface area contributed by atoms with Crippen LogP contribution in [0.3, 0.4) is 0 Å². The van der Waals surface area contributed by atoms with E-state index in [1.165, 1.54) is 7.11 Å². The number of methoxy groups -OCH3 is 2. The molecular formula is C14H16N2O3S. The Labute approximate surface area is 123 Å². The Morgan fingerprint density at radius 2 is 2.05 bits per heavy atom. The lowest BCUT2D eigenvalue weighted by Gasteiger charge is -2.27. The van der Waals surface area contributed by atoms with Crippen molar-refractivity contribution in [3.05, 3.63) is 29.8 Å². The van der Waals surface area contributed by atoms with Gasteiger partial charge in [0.1, 0.15) is 11.7 Å². The molecule has 2 unspecified atom stereocenters. The van der Waals surface area contributed by atoms with E-state index in [0.29, 0.717) is 11.5 Å². The second-order valence-electron chi connectivity index (χ2n) is 4.44. The molecule has 6 heteroatoms. The van der Waals surface area contributed by atoms with Gasteiger partial charge in [-0.05, 0) is 36.3 Å². The van der Waals surface area contributed by atoms with Gasteiger partial charge in [0.05, 0.1) is 20.3 Å². The third kappa shape index (κ3) is 3.33. The molecule has 5 nitrogen and oxygen atoms in total. The van der Waals surface area contributed by atoms with Crippen LogP contribution in [0.5, 0.6) is 5.75 Å². The summed E-state index contributed by atoms with van der Waals surface area (Å²) in [5.41, 5.74) is 1.08. The quantitative estimate of drug-likeness (QED) is 0.670. The fourth-order valence-corrected chi connectivity index (χ4v) is 2.30. The average molecular weight is 292 g/mol. The first-order valence-corrected chi connectivity index (χ1v) is 6.60. The summed E-state index contributed by atoms with van der Waals surface area (Å²) in [6.07, 6.45) is 2.20. The zero-order valence-corrected chi connectivity index (χ0v) is 12.1. The Hall–Kier alpha value is -1.95. The third-order valence-electron chi connectivity index (χ3n) is 3.18. The summed E-state index contributed by atoms with van der Waals surface area (Å²) in [6, 6.07) is 7.55. The van der Waals surface area contributed by atoms with E-state index in [9.17, 15) is 4.79 Å². The van der Waals surface area contributed by atoms with Crippen LogP contribution in [0, 0.1) is 5.92 Å². The number of rotatable bonds is 4. The van der Waals surface area contributed by atoms with Gasteiger partial charge in [0.25, 0.3) is 0 Å². The Bertz CT molecular complexity index is 528. The number of nitrogens with zero attached hydrogens (tertiary/aromatic N) is 1. The number of ether oxygens (including phenoxy) is 2. The molecule has 1 N–H and O–H groups in total. The number of thiocarbonyl (C=S) groups is 1. The van der Waals surface area contributed by atoms with Crippen molar-refractivity contribution in [3.63, 3.8) is 0 Å². The third-order valence-corrected chi connectivity index (χ3v) is 3.41. The molecule has 0 saturated heterocycles. The zero-order valence-electron chi connectivity index (χ0n) is 11.3. The van der Waals surface area contributed by atoms with Crippen LogP contribution in [0.1, 0.15) is 5.56 Å². The number of nitrogens with one attached hydrogen (secondary N) is 1. The number of carbonyl (C=O) groups excluding carboxylic acids is 1. The molecule has 20 heavy (non-hydrogen) atoms. The topological polar surface area (TPSA) is 59.9 Å². The van der Waals surface area contributed by atoms with E-state index >= 15 is 0 Å². The Kier molecular flexibility index (Phi) is 4.68. The summed E-state index contributed by atoms with van der Waals surface area (Å²) in [7, 11) is 2.99. The molecule has 106 valence electrons. The molecule has 2 atom stereocenters. The lowest BCUT2D eigenvalue weighted by molar-refractivity contribution is -0.143. The molecule has 0 radical (unpaired) electrons. The van der Waals surface area contributed by atoms with Gasteiger partial charge in [-0.1, -0.05) is 12.1 Å². The molecule has 0 amide bonds. The van der Waals surface area contributed by atoms with E-state index in [1.54, 1.807) is 13.3 Å². The standard InChI is InChI=1S/C14H16N2O3S/c1-18-10-5-3-9(4-6-10)7-12-11(13(17)19-2)8-15-14(20)16-12/h3-6,8,11-12H,7H2,1-2H3,(H,16,20). The molecule has 0 aromatic heterocycles. The van der Waals surface area contributed by atoms with Gasteiger partial charge in [-0.15, -0.1) is 0 Å². The van der Waals surface area contributed by atoms with E-state index in [0.717, 1.165) is 11.3 Å². The van der Waals surface area contributed by atoms with E-state index in [1.807, 2.05) is 24.3 Å². The van der Waals surface area contributed by atoms with E-state index in [-0.39, 0.29) is 12.0 Å². The van der Waals surface area contributed by atoms with Gasteiger partial charge in [0, 0.05) is 6.21 Å². The molecule has 0 aliphatic carbocycles. The number of benzene rings is 1. The minimum absolute atomic E-state index is 0.152. The molecule has 1 aliphatic heterocycles. The number of carbonyl (C=O) groups is 1. The van der Waals surface area contributed by atoms with Crippen LogP contribution in [0.2, 0.25) is 0 Å². The summed E-state index contributed by atoms with van der Waals surface area (Å²) < 4.78 is 9.92. The fourth-order valence-electron chi connectivity index (χ4n) is 2.09. The highest BCUT2D eigenvalue weighted by Crippen LogP contribution is 2.17. The first-order valence-electron chi connectivity index (χ1n) is 6.19. The average Bonchev–Trinajstić information content (AvgIpc) is 2.47. The van der Waals surface area contributed by atoms with Crippen LogP contribution in [0.25, 0.3) is 0 Å². The summed E-state index contributed by atoms with van der Waals surface area (Å²) in [6.45, 7) is 0. The van der Waals surface area contributed by atoms with Crippen molar-refractivity contribution in [1.29, 1.82) is 0 Å². The number of aliphatic imine (C=N–C) groups is 1. The van der Waals surface area contributed by atoms with Gasteiger partial charge in [-0.3, -0.25) is 4.79 Å². The van der Waals surface area contributed by atoms with Crippen molar-refractivity contribution in [2.24, 2.45) is 10.9 Å². The minimum Gasteiger partial charge on any atom is -0.497 e. The first kappa shape index (κ1) is 14.5. The summed E-state index contributed by atoms with van der Waals surface area (Å²) in [5, 5.41) is 3.45. The van der Waals surface area contributed by atoms with Crippen LogP contribution in [-0.4, -0.2) is 37.6 Å². The number of esters is 1.